The number of hydrogen-bond donors (Lipinski definition) is 1. The van der Waals surface area contributed by atoms with Crippen molar-refractivity contribution in [1.82, 2.24) is 0 Å². The van der Waals surface area contributed by atoms with E-state index in [9.17, 15) is 5.11 Å². The molecule has 0 heterocycles. The van der Waals surface area contributed by atoms with Crippen LogP contribution in [0.5, 0.6) is 0 Å². The highest BCUT2D eigenvalue weighted by molar-refractivity contribution is 5.20. The number of aliphatic hydroxyl groups excluding tert-OH is 1. The van der Waals surface area contributed by atoms with Crippen LogP contribution in [0.1, 0.15) is 50.0 Å². The lowest BCUT2D eigenvalue weighted by Gasteiger charge is -2.33. The van der Waals surface area contributed by atoms with E-state index in [2.05, 4.69) is 36.9 Å². The lowest BCUT2D eigenvalue weighted by molar-refractivity contribution is 0.0564. The average molecular weight is 244 g/mol. The summed E-state index contributed by atoms with van der Waals surface area (Å²) in [5.74, 6) is 1.12. The molecular formula is C17H24O. The first-order valence-corrected chi connectivity index (χ1v) is 7.15. The molecule has 3 unspecified atom stereocenters. The standard InChI is InChI=1S/C17H24O/c1-2-3-5-10-16-13-15(11-12-17(16)18)14-8-6-4-7-9-14/h2,4,6-9,15-18H,1,3,5,10-13H2. The Morgan fingerprint density at radius 2 is 2.00 bits per heavy atom. The zero-order valence-corrected chi connectivity index (χ0v) is 11.1. The van der Waals surface area contributed by atoms with Crippen molar-refractivity contribution in [3.05, 3.63) is 48.6 Å². The smallest absolute Gasteiger partial charge is 0.0568 e. The molecule has 0 spiro atoms. The Kier molecular flexibility index (Phi) is 5.00. The van der Waals surface area contributed by atoms with Gasteiger partial charge in [0, 0.05) is 0 Å². The summed E-state index contributed by atoms with van der Waals surface area (Å²) in [4.78, 5) is 0. The number of benzene rings is 1. The van der Waals surface area contributed by atoms with Crippen LogP contribution in [0.25, 0.3) is 0 Å². The molecule has 1 fully saturated rings. The highest BCUT2D eigenvalue weighted by Crippen LogP contribution is 2.38. The predicted molar refractivity (Wildman–Crippen MR) is 76.6 cm³/mol. The van der Waals surface area contributed by atoms with Crippen molar-refractivity contribution in [2.45, 2.75) is 50.5 Å². The van der Waals surface area contributed by atoms with Crippen LogP contribution in [-0.4, -0.2) is 11.2 Å². The van der Waals surface area contributed by atoms with Gasteiger partial charge in [-0.2, -0.15) is 0 Å². The summed E-state index contributed by atoms with van der Waals surface area (Å²) in [6.07, 6.45) is 8.48. The van der Waals surface area contributed by atoms with E-state index in [0.717, 1.165) is 38.5 Å². The number of rotatable bonds is 5. The molecule has 0 bridgehead atoms. The van der Waals surface area contributed by atoms with Gasteiger partial charge in [0.15, 0.2) is 0 Å². The summed E-state index contributed by atoms with van der Waals surface area (Å²) in [6, 6.07) is 10.8. The van der Waals surface area contributed by atoms with Gasteiger partial charge in [0.25, 0.3) is 0 Å². The van der Waals surface area contributed by atoms with E-state index in [4.69, 9.17) is 0 Å². The van der Waals surface area contributed by atoms with Gasteiger partial charge in [0.05, 0.1) is 6.10 Å². The maximum absolute atomic E-state index is 10.1. The van der Waals surface area contributed by atoms with Crippen molar-refractivity contribution in [2.24, 2.45) is 5.92 Å². The molecular weight excluding hydrogens is 220 g/mol. The zero-order chi connectivity index (χ0) is 12.8. The molecule has 1 saturated carbocycles. The third kappa shape index (κ3) is 3.46. The van der Waals surface area contributed by atoms with E-state index in [-0.39, 0.29) is 6.10 Å². The Morgan fingerprint density at radius 1 is 1.22 bits per heavy atom. The van der Waals surface area contributed by atoms with Gasteiger partial charge >= 0.3 is 0 Å². The van der Waals surface area contributed by atoms with Gasteiger partial charge in [-0.15, -0.1) is 6.58 Å². The Morgan fingerprint density at radius 3 is 2.72 bits per heavy atom. The minimum atomic E-state index is -0.0882. The van der Waals surface area contributed by atoms with E-state index in [1.807, 2.05) is 6.08 Å². The molecule has 1 aromatic rings. The molecule has 1 aliphatic rings. The van der Waals surface area contributed by atoms with Gasteiger partial charge in [-0.3, -0.25) is 0 Å². The highest BCUT2D eigenvalue weighted by Gasteiger charge is 2.29. The molecule has 1 heteroatoms. The Bertz CT molecular complexity index is 357. The van der Waals surface area contributed by atoms with E-state index >= 15 is 0 Å². The third-order valence-corrected chi connectivity index (χ3v) is 4.20. The van der Waals surface area contributed by atoms with Crippen LogP contribution in [0.2, 0.25) is 0 Å². The van der Waals surface area contributed by atoms with Crippen molar-refractivity contribution in [2.75, 3.05) is 0 Å². The minimum absolute atomic E-state index is 0.0882. The molecule has 0 amide bonds. The first-order valence-electron chi connectivity index (χ1n) is 7.15. The topological polar surface area (TPSA) is 20.2 Å². The number of unbranched alkanes of at least 4 members (excludes halogenated alkanes) is 1. The maximum Gasteiger partial charge on any atom is 0.0568 e. The average Bonchev–Trinajstić information content (AvgIpc) is 2.42. The van der Waals surface area contributed by atoms with Crippen LogP contribution in [0.3, 0.4) is 0 Å². The molecule has 0 aliphatic heterocycles. The summed E-state index contributed by atoms with van der Waals surface area (Å²) in [5, 5.41) is 10.1. The fourth-order valence-corrected chi connectivity index (χ4v) is 3.11. The number of hydrogen-bond acceptors (Lipinski definition) is 1. The molecule has 1 aliphatic carbocycles. The van der Waals surface area contributed by atoms with Crippen LogP contribution in [0, 0.1) is 5.92 Å². The fourth-order valence-electron chi connectivity index (χ4n) is 3.11. The first-order chi connectivity index (χ1) is 8.81. The second-order valence-corrected chi connectivity index (χ2v) is 5.47. The van der Waals surface area contributed by atoms with Gasteiger partial charge in [-0.1, -0.05) is 36.4 Å². The van der Waals surface area contributed by atoms with Crippen molar-refractivity contribution in [3.8, 4) is 0 Å². The van der Waals surface area contributed by atoms with Gasteiger partial charge in [-0.05, 0) is 55.9 Å². The fraction of sp³-hybridized carbons (Fsp3) is 0.529. The Labute approximate surface area is 111 Å². The molecule has 98 valence electrons. The monoisotopic (exact) mass is 244 g/mol. The summed E-state index contributed by atoms with van der Waals surface area (Å²) < 4.78 is 0. The van der Waals surface area contributed by atoms with Gasteiger partial charge in [-0.25, -0.2) is 0 Å². The van der Waals surface area contributed by atoms with E-state index in [1.165, 1.54) is 5.56 Å². The first kappa shape index (κ1) is 13.4. The van der Waals surface area contributed by atoms with Crippen LogP contribution < -0.4 is 0 Å². The Balaban J connectivity index is 1.93. The van der Waals surface area contributed by atoms with Crippen molar-refractivity contribution < 1.29 is 5.11 Å². The molecule has 0 aromatic heterocycles. The highest BCUT2D eigenvalue weighted by atomic mass is 16.3. The second-order valence-electron chi connectivity index (χ2n) is 5.47. The molecule has 2 rings (SSSR count). The summed E-state index contributed by atoms with van der Waals surface area (Å²) in [6.45, 7) is 3.76. The van der Waals surface area contributed by atoms with Gasteiger partial charge in [0.2, 0.25) is 0 Å². The Hall–Kier alpha value is -1.08. The lowest BCUT2D eigenvalue weighted by atomic mass is 9.74. The van der Waals surface area contributed by atoms with E-state index in [1.54, 1.807) is 0 Å². The third-order valence-electron chi connectivity index (χ3n) is 4.20. The van der Waals surface area contributed by atoms with Gasteiger partial charge in [0.1, 0.15) is 0 Å². The predicted octanol–water partition coefficient (Wildman–Crippen LogP) is 4.29. The second kappa shape index (κ2) is 6.75. The van der Waals surface area contributed by atoms with Crippen LogP contribution in [0.15, 0.2) is 43.0 Å². The number of allylic oxidation sites excluding steroid dienone is 1. The molecule has 3 atom stereocenters. The molecule has 1 aromatic carbocycles. The molecule has 0 radical (unpaired) electrons. The minimum Gasteiger partial charge on any atom is -0.393 e. The molecule has 1 N–H and O–H groups in total. The molecule has 1 nitrogen and oxygen atoms in total. The van der Waals surface area contributed by atoms with Crippen molar-refractivity contribution >= 4 is 0 Å². The lowest BCUT2D eigenvalue weighted by Crippen LogP contribution is -2.28. The van der Waals surface area contributed by atoms with Crippen LogP contribution in [-0.2, 0) is 0 Å². The largest absolute Gasteiger partial charge is 0.393 e. The summed E-state index contributed by atoms with van der Waals surface area (Å²) in [5.41, 5.74) is 1.44. The summed E-state index contributed by atoms with van der Waals surface area (Å²) in [7, 11) is 0. The summed E-state index contributed by atoms with van der Waals surface area (Å²) >= 11 is 0. The van der Waals surface area contributed by atoms with Crippen LogP contribution in [0.4, 0.5) is 0 Å². The van der Waals surface area contributed by atoms with E-state index in [0.29, 0.717) is 11.8 Å². The maximum atomic E-state index is 10.1. The molecule has 0 saturated heterocycles. The normalized spacial score (nSPS) is 27.9. The molecule has 18 heavy (non-hydrogen) atoms. The van der Waals surface area contributed by atoms with Crippen molar-refractivity contribution in [3.63, 3.8) is 0 Å². The van der Waals surface area contributed by atoms with Crippen molar-refractivity contribution in [1.29, 1.82) is 0 Å². The van der Waals surface area contributed by atoms with Gasteiger partial charge < -0.3 is 5.11 Å². The number of aliphatic hydroxyl groups is 1. The SMILES string of the molecule is C=CCCCC1CC(c2ccccc2)CCC1O. The van der Waals surface area contributed by atoms with Crippen LogP contribution >= 0.6 is 0 Å². The zero-order valence-electron chi connectivity index (χ0n) is 11.1. The quantitative estimate of drug-likeness (QED) is 0.605. The van der Waals surface area contributed by atoms with E-state index < -0.39 is 0 Å².